The summed E-state index contributed by atoms with van der Waals surface area (Å²) >= 11 is 0. The minimum atomic E-state index is -3.08. The number of hydrogen-bond acceptors (Lipinski definition) is 5. The Labute approximate surface area is 112 Å². The summed E-state index contributed by atoms with van der Waals surface area (Å²) < 4.78 is 31.4. The molecule has 1 saturated carbocycles. The van der Waals surface area contributed by atoms with Crippen LogP contribution in [-0.2, 0) is 10.0 Å². The Morgan fingerprint density at radius 2 is 2.05 bits per heavy atom. The summed E-state index contributed by atoms with van der Waals surface area (Å²) in [5.74, 6) is 0.460. The van der Waals surface area contributed by atoms with Gasteiger partial charge in [-0.15, -0.1) is 5.10 Å². The molecule has 1 atom stereocenters. The maximum Gasteiger partial charge on any atom is 0.233 e. The summed E-state index contributed by atoms with van der Waals surface area (Å²) in [6, 6.07) is 3.59. The highest BCUT2D eigenvalue weighted by Gasteiger charge is 2.43. The minimum Gasteiger partial charge on any atom is -0.472 e. The normalized spacial score (nSPS) is 24.6. The van der Waals surface area contributed by atoms with Crippen LogP contribution in [0.25, 0.3) is 0 Å². The third-order valence-electron chi connectivity index (χ3n) is 3.47. The van der Waals surface area contributed by atoms with Gasteiger partial charge in [0.15, 0.2) is 0 Å². The lowest BCUT2D eigenvalue weighted by molar-refractivity contribution is 0.204. The highest BCUT2D eigenvalue weighted by molar-refractivity contribution is 7.90. The molecule has 2 fully saturated rings. The molecule has 0 spiro atoms. The third kappa shape index (κ3) is 2.71. The van der Waals surface area contributed by atoms with E-state index in [2.05, 4.69) is 10.2 Å². The maximum atomic E-state index is 12.1. The zero-order valence-electron chi connectivity index (χ0n) is 10.8. The van der Waals surface area contributed by atoms with Crippen molar-refractivity contribution in [2.24, 2.45) is 0 Å². The fourth-order valence-electron chi connectivity index (χ4n) is 2.22. The molecule has 0 N–H and O–H groups in total. The van der Waals surface area contributed by atoms with Crippen molar-refractivity contribution in [3.05, 3.63) is 17.8 Å². The fourth-order valence-corrected chi connectivity index (χ4v) is 4.11. The molecule has 7 heteroatoms. The molecular formula is C12H17N3O3S. The van der Waals surface area contributed by atoms with Crippen molar-refractivity contribution in [1.29, 1.82) is 0 Å². The van der Waals surface area contributed by atoms with Crippen LogP contribution in [0.1, 0.15) is 25.0 Å². The van der Waals surface area contributed by atoms with Gasteiger partial charge in [-0.25, -0.2) is 8.42 Å². The van der Waals surface area contributed by atoms with E-state index in [1.807, 2.05) is 13.0 Å². The van der Waals surface area contributed by atoms with Crippen LogP contribution in [0.15, 0.2) is 12.1 Å². The van der Waals surface area contributed by atoms with E-state index < -0.39 is 10.0 Å². The van der Waals surface area contributed by atoms with E-state index in [-0.39, 0.29) is 11.4 Å². The van der Waals surface area contributed by atoms with Gasteiger partial charge >= 0.3 is 0 Å². The zero-order chi connectivity index (χ0) is 13.5. The largest absolute Gasteiger partial charge is 0.472 e. The topological polar surface area (TPSA) is 72.4 Å². The number of aryl methyl sites for hydroxylation is 1. The Morgan fingerprint density at radius 1 is 1.26 bits per heavy atom. The van der Waals surface area contributed by atoms with Gasteiger partial charge in [-0.3, -0.25) is 0 Å². The van der Waals surface area contributed by atoms with Crippen molar-refractivity contribution >= 4 is 10.0 Å². The zero-order valence-corrected chi connectivity index (χ0v) is 11.6. The van der Waals surface area contributed by atoms with Crippen molar-refractivity contribution in [3.63, 3.8) is 0 Å². The lowest BCUT2D eigenvalue weighted by Gasteiger charge is -2.16. The Kier molecular flexibility index (Phi) is 3.18. The summed E-state index contributed by atoms with van der Waals surface area (Å²) in [5, 5.41) is 7.71. The first-order valence-electron chi connectivity index (χ1n) is 6.51. The number of rotatable bonds is 4. The van der Waals surface area contributed by atoms with Crippen LogP contribution in [0, 0.1) is 6.92 Å². The van der Waals surface area contributed by atoms with Gasteiger partial charge in [0, 0.05) is 12.6 Å². The Balaban J connectivity index is 1.61. The molecule has 1 aromatic heterocycles. The van der Waals surface area contributed by atoms with Gasteiger partial charge in [-0.05, 0) is 32.3 Å². The molecule has 1 aliphatic heterocycles. The SMILES string of the molecule is Cc1ccc(O[C@@H]2CCN(S(=O)(=O)C3CC3)C2)nn1. The standard InChI is InChI=1S/C12H17N3O3S/c1-9-2-5-12(14-13-9)18-10-6-7-15(8-10)19(16,17)11-3-4-11/h2,5,10-11H,3-4,6-8H2,1H3/t10-/m1/s1. The molecule has 19 heavy (non-hydrogen) atoms. The molecule has 2 aliphatic rings. The number of sulfonamides is 1. The van der Waals surface area contributed by atoms with E-state index >= 15 is 0 Å². The third-order valence-corrected chi connectivity index (χ3v) is 5.84. The van der Waals surface area contributed by atoms with E-state index in [0.29, 0.717) is 25.4 Å². The predicted octanol–water partition coefficient (Wildman–Crippen LogP) is 0.730. The van der Waals surface area contributed by atoms with Gasteiger partial charge in [0.1, 0.15) is 6.10 Å². The van der Waals surface area contributed by atoms with Crippen LogP contribution in [-0.4, -0.2) is 47.4 Å². The summed E-state index contributed by atoms with van der Waals surface area (Å²) in [7, 11) is -3.08. The molecule has 0 radical (unpaired) electrons. The smallest absolute Gasteiger partial charge is 0.233 e. The van der Waals surface area contributed by atoms with Crippen LogP contribution >= 0.6 is 0 Å². The summed E-state index contributed by atoms with van der Waals surface area (Å²) in [5.41, 5.74) is 0.830. The van der Waals surface area contributed by atoms with E-state index in [9.17, 15) is 8.42 Å². The molecule has 0 aromatic carbocycles. The molecule has 0 amide bonds. The Bertz CT molecular complexity index is 554. The minimum absolute atomic E-state index is 0.120. The molecule has 3 rings (SSSR count). The summed E-state index contributed by atoms with van der Waals surface area (Å²) in [6.07, 6.45) is 2.19. The van der Waals surface area contributed by atoms with Crippen molar-refractivity contribution in [3.8, 4) is 5.88 Å². The molecule has 2 heterocycles. The van der Waals surface area contributed by atoms with Crippen LogP contribution in [0.3, 0.4) is 0 Å². The average Bonchev–Trinajstić information content (AvgIpc) is 3.14. The van der Waals surface area contributed by atoms with E-state index in [0.717, 1.165) is 18.5 Å². The molecule has 104 valence electrons. The second-order valence-electron chi connectivity index (χ2n) is 5.14. The van der Waals surface area contributed by atoms with Crippen LogP contribution < -0.4 is 4.74 Å². The van der Waals surface area contributed by atoms with Crippen molar-refractivity contribution < 1.29 is 13.2 Å². The monoisotopic (exact) mass is 283 g/mol. The van der Waals surface area contributed by atoms with E-state index in [1.54, 1.807) is 10.4 Å². The van der Waals surface area contributed by atoms with Gasteiger partial charge in [0.05, 0.1) is 17.5 Å². The lowest BCUT2D eigenvalue weighted by atomic mass is 10.3. The highest BCUT2D eigenvalue weighted by atomic mass is 32.2. The fraction of sp³-hybridized carbons (Fsp3) is 0.667. The number of hydrogen-bond donors (Lipinski definition) is 0. The van der Waals surface area contributed by atoms with Crippen LogP contribution in [0.5, 0.6) is 5.88 Å². The summed E-state index contributed by atoms with van der Waals surface area (Å²) in [6.45, 7) is 2.83. The Hall–Kier alpha value is -1.21. The first kappa shape index (κ1) is 12.8. The molecule has 0 bridgehead atoms. The highest BCUT2D eigenvalue weighted by Crippen LogP contribution is 2.33. The number of nitrogens with zero attached hydrogens (tertiary/aromatic N) is 3. The first-order chi connectivity index (χ1) is 9.05. The van der Waals surface area contributed by atoms with Crippen LogP contribution in [0.4, 0.5) is 0 Å². The van der Waals surface area contributed by atoms with Gasteiger partial charge in [-0.2, -0.15) is 9.40 Å². The van der Waals surface area contributed by atoms with E-state index in [1.165, 1.54) is 0 Å². The summed E-state index contributed by atoms with van der Waals surface area (Å²) in [4.78, 5) is 0. The van der Waals surface area contributed by atoms with Gasteiger partial charge in [0.2, 0.25) is 15.9 Å². The predicted molar refractivity (Wildman–Crippen MR) is 69.3 cm³/mol. The Morgan fingerprint density at radius 3 is 2.68 bits per heavy atom. The lowest BCUT2D eigenvalue weighted by Crippen LogP contribution is -2.33. The van der Waals surface area contributed by atoms with Crippen molar-refractivity contribution in [2.75, 3.05) is 13.1 Å². The van der Waals surface area contributed by atoms with Gasteiger partial charge < -0.3 is 4.74 Å². The molecule has 1 saturated heterocycles. The second-order valence-corrected chi connectivity index (χ2v) is 7.36. The average molecular weight is 283 g/mol. The maximum absolute atomic E-state index is 12.1. The molecule has 0 unspecified atom stereocenters. The quantitative estimate of drug-likeness (QED) is 0.814. The number of aromatic nitrogens is 2. The second kappa shape index (κ2) is 4.72. The van der Waals surface area contributed by atoms with Crippen molar-refractivity contribution in [1.82, 2.24) is 14.5 Å². The first-order valence-corrected chi connectivity index (χ1v) is 8.02. The molecular weight excluding hydrogens is 266 g/mol. The van der Waals surface area contributed by atoms with Crippen molar-refractivity contribution in [2.45, 2.75) is 37.5 Å². The van der Waals surface area contributed by atoms with Crippen LogP contribution in [0.2, 0.25) is 0 Å². The molecule has 1 aromatic rings. The van der Waals surface area contributed by atoms with Gasteiger partial charge in [0.25, 0.3) is 0 Å². The van der Waals surface area contributed by atoms with E-state index in [4.69, 9.17) is 4.74 Å². The molecule has 1 aliphatic carbocycles. The van der Waals surface area contributed by atoms with Gasteiger partial charge in [-0.1, -0.05) is 0 Å². The molecule has 6 nitrogen and oxygen atoms in total. The number of ether oxygens (including phenoxy) is 1.